The lowest BCUT2D eigenvalue weighted by Gasteiger charge is -2.36. The summed E-state index contributed by atoms with van der Waals surface area (Å²) in [6.45, 7) is 0. The van der Waals surface area contributed by atoms with Crippen LogP contribution in [0.25, 0.3) is 0 Å². The number of phenols is 5. The monoisotopic (exact) mass is 428 g/mol. The van der Waals surface area contributed by atoms with Crippen molar-refractivity contribution in [2.45, 2.75) is 18.3 Å². The maximum atomic E-state index is 10.3. The van der Waals surface area contributed by atoms with Crippen LogP contribution >= 0.6 is 0 Å². The molecule has 5 N–H and O–H groups in total. The van der Waals surface area contributed by atoms with Crippen molar-refractivity contribution < 1.29 is 25.5 Å². The zero-order valence-electron chi connectivity index (χ0n) is 17.3. The molecule has 0 aliphatic heterocycles. The van der Waals surface area contributed by atoms with Gasteiger partial charge in [0.15, 0.2) is 0 Å². The molecule has 32 heavy (non-hydrogen) atoms. The Morgan fingerprint density at radius 1 is 0.406 bits per heavy atom. The van der Waals surface area contributed by atoms with Crippen LogP contribution in [0.1, 0.15) is 22.3 Å². The summed E-state index contributed by atoms with van der Waals surface area (Å²) in [4.78, 5) is 0. The molecule has 5 nitrogen and oxygen atoms in total. The molecular weight excluding hydrogens is 404 g/mol. The van der Waals surface area contributed by atoms with E-state index in [-0.39, 0.29) is 28.7 Å². The zero-order valence-corrected chi connectivity index (χ0v) is 17.3. The van der Waals surface area contributed by atoms with E-state index < -0.39 is 5.41 Å². The van der Waals surface area contributed by atoms with E-state index >= 15 is 0 Å². The number of aromatic hydroxyl groups is 5. The van der Waals surface area contributed by atoms with Crippen molar-refractivity contribution in [2.24, 2.45) is 0 Å². The molecule has 0 saturated heterocycles. The Bertz CT molecular complexity index is 1130. The third kappa shape index (κ3) is 4.47. The number of hydrogen-bond acceptors (Lipinski definition) is 5. The van der Waals surface area contributed by atoms with Crippen LogP contribution in [0.15, 0.2) is 91.0 Å². The fourth-order valence-electron chi connectivity index (χ4n) is 4.21. The minimum Gasteiger partial charge on any atom is -0.508 e. The molecule has 0 aromatic heterocycles. The van der Waals surface area contributed by atoms with Gasteiger partial charge in [-0.05, 0) is 83.6 Å². The fourth-order valence-corrected chi connectivity index (χ4v) is 4.21. The highest BCUT2D eigenvalue weighted by molar-refractivity contribution is 5.50. The van der Waals surface area contributed by atoms with Crippen LogP contribution in [-0.2, 0) is 18.3 Å². The third-order valence-corrected chi connectivity index (χ3v) is 5.76. The van der Waals surface area contributed by atoms with Gasteiger partial charge in [-0.1, -0.05) is 36.4 Å². The molecule has 5 heteroatoms. The van der Waals surface area contributed by atoms with E-state index in [9.17, 15) is 25.5 Å². The quantitative estimate of drug-likeness (QED) is 0.298. The van der Waals surface area contributed by atoms with Crippen LogP contribution in [0.4, 0.5) is 0 Å². The highest BCUT2D eigenvalue weighted by atomic mass is 16.3. The summed E-state index contributed by atoms with van der Waals surface area (Å²) < 4.78 is 0. The van der Waals surface area contributed by atoms with Crippen LogP contribution in [-0.4, -0.2) is 25.5 Å². The Morgan fingerprint density at radius 2 is 0.781 bits per heavy atom. The van der Waals surface area contributed by atoms with E-state index in [1.54, 1.807) is 48.5 Å². The largest absolute Gasteiger partial charge is 0.508 e. The molecule has 4 rings (SSSR count). The van der Waals surface area contributed by atoms with E-state index in [2.05, 4.69) is 0 Å². The molecule has 0 aliphatic rings. The Morgan fingerprint density at radius 3 is 1.19 bits per heavy atom. The lowest BCUT2D eigenvalue weighted by Crippen LogP contribution is -2.33. The molecule has 0 unspecified atom stereocenters. The summed E-state index contributed by atoms with van der Waals surface area (Å²) in [5.74, 6) is 0.352. The van der Waals surface area contributed by atoms with Gasteiger partial charge < -0.3 is 25.5 Å². The fraction of sp³-hybridized carbons (Fsp3) is 0.111. The second-order valence-corrected chi connectivity index (χ2v) is 8.05. The zero-order chi connectivity index (χ0) is 22.7. The summed E-state index contributed by atoms with van der Waals surface area (Å²) in [5.41, 5.74) is 2.72. The van der Waals surface area contributed by atoms with Gasteiger partial charge in [-0.2, -0.15) is 0 Å². The predicted molar refractivity (Wildman–Crippen MR) is 122 cm³/mol. The van der Waals surface area contributed by atoms with Gasteiger partial charge in [-0.15, -0.1) is 0 Å². The molecular formula is C27H24O5. The smallest absolute Gasteiger partial charge is 0.119 e. The molecule has 0 saturated carbocycles. The summed E-state index contributed by atoms with van der Waals surface area (Å²) in [7, 11) is 0. The highest BCUT2D eigenvalue weighted by Crippen LogP contribution is 2.42. The van der Waals surface area contributed by atoms with Gasteiger partial charge >= 0.3 is 0 Å². The van der Waals surface area contributed by atoms with Gasteiger partial charge in [0.1, 0.15) is 28.7 Å². The molecule has 0 fully saturated rings. The number of rotatable bonds is 6. The average molecular weight is 428 g/mol. The van der Waals surface area contributed by atoms with Crippen molar-refractivity contribution in [3.05, 3.63) is 113 Å². The van der Waals surface area contributed by atoms with Crippen LogP contribution < -0.4 is 0 Å². The Kier molecular flexibility index (Phi) is 5.65. The second-order valence-electron chi connectivity index (χ2n) is 8.05. The lowest BCUT2D eigenvalue weighted by atomic mass is 9.67. The van der Waals surface area contributed by atoms with Gasteiger partial charge in [-0.3, -0.25) is 0 Å². The van der Waals surface area contributed by atoms with Gasteiger partial charge in [0.2, 0.25) is 0 Å². The first kappa shape index (κ1) is 21.1. The number of benzene rings is 4. The van der Waals surface area contributed by atoms with Crippen LogP contribution in [0.3, 0.4) is 0 Å². The van der Waals surface area contributed by atoms with Crippen molar-refractivity contribution >= 4 is 0 Å². The predicted octanol–water partition coefficient (Wildman–Crippen LogP) is 4.99. The third-order valence-electron chi connectivity index (χ3n) is 5.76. The number of hydrogen-bond donors (Lipinski definition) is 5. The first-order valence-corrected chi connectivity index (χ1v) is 10.2. The van der Waals surface area contributed by atoms with Crippen molar-refractivity contribution in [3.8, 4) is 28.7 Å². The van der Waals surface area contributed by atoms with E-state index in [0.29, 0.717) is 18.4 Å². The van der Waals surface area contributed by atoms with Crippen molar-refractivity contribution in [1.29, 1.82) is 0 Å². The molecule has 0 atom stereocenters. The van der Waals surface area contributed by atoms with Crippen LogP contribution in [0.5, 0.6) is 28.7 Å². The Hall–Kier alpha value is -4.12. The number of phenolic OH excluding ortho intramolecular Hbond substituents is 5. The normalized spacial score (nSPS) is 11.4. The van der Waals surface area contributed by atoms with E-state index in [1.165, 1.54) is 6.07 Å². The average Bonchev–Trinajstić information content (AvgIpc) is 2.76. The lowest BCUT2D eigenvalue weighted by molar-refractivity contribution is 0.438. The standard InChI is InChI=1S/C27H24O5/c28-22-7-1-18(2-8-22)16-27(20-5-11-24(30)12-6-20,17-19-3-9-23(29)10-4-19)21-13-25(31)15-26(32)14-21/h1-15,28-32H,16-17H2. The topological polar surface area (TPSA) is 101 Å². The molecule has 0 bridgehead atoms. The first-order chi connectivity index (χ1) is 15.3. The van der Waals surface area contributed by atoms with E-state index in [0.717, 1.165) is 16.7 Å². The molecule has 4 aromatic rings. The summed E-state index contributed by atoms with van der Waals surface area (Å²) in [5, 5.41) is 49.9. The molecule has 0 amide bonds. The van der Waals surface area contributed by atoms with Gasteiger partial charge in [-0.25, -0.2) is 0 Å². The van der Waals surface area contributed by atoms with Crippen molar-refractivity contribution in [1.82, 2.24) is 0 Å². The molecule has 0 spiro atoms. The van der Waals surface area contributed by atoms with Crippen molar-refractivity contribution in [3.63, 3.8) is 0 Å². The molecule has 0 aliphatic carbocycles. The molecule has 0 radical (unpaired) electrons. The first-order valence-electron chi connectivity index (χ1n) is 10.2. The maximum absolute atomic E-state index is 10.3. The molecule has 4 aromatic carbocycles. The van der Waals surface area contributed by atoms with Crippen molar-refractivity contribution in [2.75, 3.05) is 0 Å². The van der Waals surface area contributed by atoms with Crippen LogP contribution in [0, 0.1) is 0 Å². The van der Waals surface area contributed by atoms with Crippen LogP contribution in [0.2, 0.25) is 0 Å². The molecule has 0 heterocycles. The Balaban J connectivity index is 1.95. The minimum absolute atomic E-state index is 0.0560. The summed E-state index contributed by atoms with van der Waals surface area (Å²) >= 11 is 0. The summed E-state index contributed by atoms with van der Waals surface area (Å²) in [6.07, 6.45) is 0.976. The maximum Gasteiger partial charge on any atom is 0.119 e. The van der Waals surface area contributed by atoms with E-state index in [4.69, 9.17) is 0 Å². The SMILES string of the molecule is Oc1ccc(CC(Cc2ccc(O)cc2)(c2ccc(O)cc2)c2cc(O)cc(O)c2)cc1. The molecule has 162 valence electrons. The second kappa shape index (κ2) is 8.55. The van der Waals surface area contributed by atoms with Gasteiger partial charge in [0.25, 0.3) is 0 Å². The van der Waals surface area contributed by atoms with Gasteiger partial charge in [0.05, 0.1) is 0 Å². The van der Waals surface area contributed by atoms with E-state index in [1.807, 2.05) is 36.4 Å². The highest BCUT2D eigenvalue weighted by Gasteiger charge is 2.36. The summed E-state index contributed by atoms with van der Waals surface area (Å²) in [6, 6.07) is 25.3. The van der Waals surface area contributed by atoms with Gasteiger partial charge in [0, 0.05) is 11.5 Å². The Labute approximate surface area is 186 Å². The minimum atomic E-state index is -0.738.